The number of fused-ring (bicyclic) bond motifs is 1. The van der Waals surface area contributed by atoms with Gasteiger partial charge in [-0.25, -0.2) is 0 Å². The van der Waals surface area contributed by atoms with Gasteiger partial charge in [-0.15, -0.1) is 10.2 Å². The van der Waals surface area contributed by atoms with Crippen molar-refractivity contribution < 1.29 is 9.66 Å². The summed E-state index contributed by atoms with van der Waals surface area (Å²) in [5, 5.41) is 24.4. The Morgan fingerprint density at radius 1 is 1.11 bits per heavy atom. The zero-order chi connectivity index (χ0) is 19.5. The van der Waals surface area contributed by atoms with Crippen LogP contribution in [0, 0.1) is 10.1 Å². The van der Waals surface area contributed by atoms with Gasteiger partial charge in [0.05, 0.1) is 17.7 Å². The summed E-state index contributed by atoms with van der Waals surface area (Å²) < 4.78 is 6.98. The summed E-state index contributed by atoms with van der Waals surface area (Å²) in [6.45, 7) is 0. The zero-order valence-electron chi connectivity index (χ0n) is 14.8. The molecule has 2 aromatic carbocycles. The van der Waals surface area contributed by atoms with Gasteiger partial charge < -0.3 is 4.74 Å². The second kappa shape index (κ2) is 7.65. The molecule has 0 atom stereocenters. The molecule has 4 rings (SSSR count). The molecule has 2 aromatic heterocycles. The van der Waals surface area contributed by atoms with Crippen molar-refractivity contribution in [3.05, 3.63) is 76.3 Å². The molecular weight excluding hydrogens is 378 g/mol. The summed E-state index contributed by atoms with van der Waals surface area (Å²) in [6.07, 6.45) is 0. The largest absolute Gasteiger partial charge is 0.497 e. The lowest BCUT2D eigenvalue weighted by atomic mass is 10.1. The second-order valence-corrected chi connectivity index (χ2v) is 6.86. The van der Waals surface area contributed by atoms with Crippen molar-refractivity contribution in [1.29, 1.82) is 0 Å². The van der Waals surface area contributed by atoms with Crippen LogP contribution in [0.1, 0.15) is 5.56 Å². The van der Waals surface area contributed by atoms with Gasteiger partial charge in [0.25, 0.3) is 5.69 Å². The minimum Gasteiger partial charge on any atom is -0.497 e. The number of rotatable bonds is 6. The van der Waals surface area contributed by atoms with E-state index in [1.54, 1.807) is 23.8 Å². The fourth-order valence-corrected chi connectivity index (χ4v) is 3.50. The smallest absolute Gasteiger partial charge is 0.269 e. The number of thioether (sulfide) groups is 1. The van der Waals surface area contributed by atoms with Gasteiger partial charge in [-0.05, 0) is 29.8 Å². The van der Waals surface area contributed by atoms with E-state index in [1.807, 2.05) is 36.4 Å². The van der Waals surface area contributed by atoms with Crippen LogP contribution in [0.3, 0.4) is 0 Å². The van der Waals surface area contributed by atoms with Gasteiger partial charge in [-0.2, -0.15) is 9.61 Å². The molecule has 0 unspecified atom stereocenters. The summed E-state index contributed by atoms with van der Waals surface area (Å²) in [7, 11) is 1.63. The average Bonchev–Trinajstić information content (AvgIpc) is 3.15. The summed E-state index contributed by atoms with van der Waals surface area (Å²) in [6, 6.07) is 17.9. The van der Waals surface area contributed by atoms with Gasteiger partial charge in [0.2, 0.25) is 5.16 Å². The summed E-state index contributed by atoms with van der Waals surface area (Å²) in [4.78, 5) is 10.3. The molecule has 0 N–H and O–H groups in total. The number of non-ortho nitro benzene ring substituents is 1. The van der Waals surface area contributed by atoms with E-state index in [0.29, 0.717) is 16.6 Å². The van der Waals surface area contributed by atoms with Gasteiger partial charge in [-0.1, -0.05) is 36.0 Å². The van der Waals surface area contributed by atoms with Crippen molar-refractivity contribution in [1.82, 2.24) is 19.8 Å². The standard InChI is InChI=1S/C19H15N5O3S/c1-27-16-4-2-3-14(11-16)17-9-10-18-20-21-19(23(18)22-17)28-12-13-5-7-15(8-6-13)24(25)26/h2-11H,12H2,1H3. The number of aromatic nitrogens is 4. The molecule has 28 heavy (non-hydrogen) atoms. The molecular formula is C19H15N5O3S. The van der Waals surface area contributed by atoms with Crippen LogP contribution in [-0.4, -0.2) is 31.8 Å². The van der Waals surface area contributed by atoms with Crippen molar-refractivity contribution in [3.8, 4) is 17.0 Å². The van der Waals surface area contributed by atoms with E-state index >= 15 is 0 Å². The van der Waals surface area contributed by atoms with E-state index in [-0.39, 0.29) is 5.69 Å². The molecule has 9 heteroatoms. The Bertz CT molecular complexity index is 1140. The van der Waals surface area contributed by atoms with E-state index in [2.05, 4.69) is 15.3 Å². The van der Waals surface area contributed by atoms with E-state index < -0.39 is 4.92 Å². The molecule has 8 nitrogen and oxygen atoms in total. The maximum atomic E-state index is 10.8. The third kappa shape index (κ3) is 3.65. The maximum Gasteiger partial charge on any atom is 0.269 e. The molecule has 0 saturated carbocycles. The molecule has 0 radical (unpaired) electrons. The number of hydrogen-bond donors (Lipinski definition) is 0. The molecule has 0 amide bonds. The van der Waals surface area contributed by atoms with Crippen LogP contribution in [0.5, 0.6) is 5.75 Å². The molecule has 0 aliphatic heterocycles. The topological polar surface area (TPSA) is 95.5 Å². The number of nitrogens with zero attached hydrogens (tertiary/aromatic N) is 5. The average molecular weight is 393 g/mol. The fraction of sp³-hybridized carbons (Fsp3) is 0.105. The third-order valence-electron chi connectivity index (χ3n) is 4.11. The lowest BCUT2D eigenvalue weighted by Crippen LogP contribution is -1.97. The van der Waals surface area contributed by atoms with Crippen LogP contribution in [0.25, 0.3) is 16.9 Å². The molecule has 0 fully saturated rings. The van der Waals surface area contributed by atoms with Gasteiger partial charge in [0.15, 0.2) is 5.65 Å². The molecule has 0 spiro atoms. The molecule has 0 bridgehead atoms. The molecule has 0 saturated heterocycles. The molecule has 140 valence electrons. The van der Waals surface area contributed by atoms with Crippen LogP contribution in [0.15, 0.2) is 65.8 Å². The Labute approximate surface area is 164 Å². The molecule has 4 aromatic rings. The highest BCUT2D eigenvalue weighted by Crippen LogP contribution is 2.25. The van der Waals surface area contributed by atoms with Crippen LogP contribution in [-0.2, 0) is 5.75 Å². The monoisotopic (exact) mass is 393 g/mol. The quantitative estimate of drug-likeness (QED) is 0.277. The van der Waals surface area contributed by atoms with E-state index in [1.165, 1.54) is 23.9 Å². The van der Waals surface area contributed by atoms with Crippen molar-refractivity contribution in [2.24, 2.45) is 0 Å². The van der Waals surface area contributed by atoms with Crippen LogP contribution in [0.2, 0.25) is 0 Å². The van der Waals surface area contributed by atoms with Gasteiger partial charge >= 0.3 is 0 Å². The predicted molar refractivity (Wildman–Crippen MR) is 105 cm³/mol. The number of hydrogen-bond acceptors (Lipinski definition) is 7. The van der Waals surface area contributed by atoms with Gasteiger partial charge in [0.1, 0.15) is 5.75 Å². The normalized spacial score (nSPS) is 10.9. The first kappa shape index (κ1) is 17.9. The Morgan fingerprint density at radius 2 is 1.93 bits per heavy atom. The Hall–Kier alpha value is -3.46. The first-order valence-corrected chi connectivity index (χ1v) is 9.35. The van der Waals surface area contributed by atoms with E-state index in [9.17, 15) is 10.1 Å². The summed E-state index contributed by atoms with van der Waals surface area (Å²) >= 11 is 1.47. The van der Waals surface area contributed by atoms with Gasteiger partial charge in [0, 0.05) is 23.4 Å². The fourth-order valence-electron chi connectivity index (χ4n) is 2.66. The number of benzene rings is 2. The summed E-state index contributed by atoms with van der Waals surface area (Å²) in [5.74, 6) is 1.36. The SMILES string of the molecule is COc1cccc(-c2ccc3nnc(SCc4ccc([N+](=O)[O-])cc4)n3n2)c1. The highest BCUT2D eigenvalue weighted by atomic mass is 32.2. The first-order chi connectivity index (χ1) is 13.6. The lowest BCUT2D eigenvalue weighted by molar-refractivity contribution is -0.384. The molecule has 0 aliphatic rings. The summed E-state index contributed by atoms with van der Waals surface area (Å²) in [5.41, 5.74) is 3.39. The maximum absolute atomic E-state index is 10.8. The lowest BCUT2D eigenvalue weighted by Gasteiger charge is -2.05. The van der Waals surface area contributed by atoms with Crippen LogP contribution in [0.4, 0.5) is 5.69 Å². The Balaban J connectivity index is 1.58. The Kier molecular flexibility index (Phi) is 4.90. The number of ether oxygens (including phenoxy) is 1. The highest BCUT2D eigenvalue weighted by Gasteiger charge is 2.11. The molecule has 0 aliphatic carbocycles. The van der Waals surface area contributed by atoms with Crippen molar-refractivity contribution in [2.75, 3.05) is 7.11 Å². The zero-order valence-corrected chi connectivity index (χ0v) is 15.7. The minimum absolute atomic E-state index is 0.0753. The van der Waals surface area contributed by atoms with Crippen LogP contribution < -0.4 is 4.74 Å². The number of methoxy groups -OCH3 is 1. The van der Waals surface area contributed by atoms with E-state index in [0.717, 1.165) is 22.6 Å². The van der Waals surface area contributed by atoms with Gasteiger partial charge in [-0.3, -0.25) is 10.1 Å². The number of nitro benzene ring substituents is 1. The predicted octanol–water partition coefficient (Wildman–Crippen LogP) is 4.00. The van der Waals surface area contributed by atoms with Crippen molar-refractivity contribution >= 4 is 23.1 Å². The van der Waals surface area contributed by atoms with Crippen molar-refractivity contribution in [2.45, 2.75) is 10.9 Å². The van der Waals surface area contributed by atoms with Crippen molar-refractivity contribution in [3.63, 3.8) is 0 Å². The number of nitro groups is 1. The second-order valence-electron chi connectivity index (χ2n) is 5.92. The molecule has 2 heterocycles. The first-order valence-electron chi connectivity index (χ1n) is 8.37. The third-order valence-corrected chi connectivity index (χ3v) is 5.11. The van der Waals surface area contributed by atoms with Crippen LogP contribution >= 0.6 is 11.8 Å². The minimum atomic E-state index is -0.410. The highest BCUT2D eigenvalue weighted by molar-refractivity contribution is 7.98. The Morgan fingerprint density at radius 3 is 2.68 bits per heavy atom. The van der Waals surface area contributed by atoms with E-state index in [4.69, 9.17) is 4.74 Å².